The second-order valence-corrected chi connectivity index (χ2v) is 4.94. The Labute approximate surface area is 115 Å². The van der Waals surface area contributed by atoms with Gasteiger partial charge in [-0.3, -0.25) is 14.9 Å². The summed E-state index contributed by atoms with van der Waals surface area (Å²) in [4.78, 5) is 22.3. The van der Waals surface area contributed by atoms with Crippen LogP contribution in [0.1, 0.15) is 19.3 Å². The SMILES string of the molecule is NCC1CCCC1C(=O)Nc1ccc(F)cc1[N+](=O)[O-]. The van der Waals surface area contributed by atoms with Gasteiger partial charge >= 0.3 is 0 Å². The molecule has 0 bridgehead atoms. The van der Waals surface area contributed by atoms with Crippen molar-refractivity contribution < 1.29 is 14.1 Å². The van der Waals surface area contributed by atoms with Gasteiger partial charge in [0, 0.05) is 5.92 Å². The molecule has 0 radical (unpaired) electrons. The molecule has 1 aliphatic rings. The molecule has 2 rings (SSSR count). The van der Waals surface area contributed by atoms with Gasteiger partial charge in [-0.05, 0) is 37.4 Å². The summed E-state index contributed by atoms with van der Waals surface area (Å²) in [5, 5.41) is 13.4. The lowest BCUT2D eigenvalue weighted by Crippen LogP contribution is -2.29. The summed E-state index contributed by atoms with van der Waals surface area (Å²) in [5.74, 6) is -1.12. The average Bonchev–Trinajstić information content (AvgIpc) is 2.89. The van der Waals surface area contributed by atoms with Crippen molar-refractivity contribution in [3.63, 3.8) is 0 Å². The molecule has 0 saturated heterocycles. The van der Waals surface area contributed by atoms with Crippen molar-refractivity contribution in [2.75, 3.05) is 11.9 Å². The number of anilines is 1. The molecular weight excluding hydrogens is 265 g/mol. The number of benzene rings is 1. The van der Waals surface area contributed by atoms with Gasteiger partial charge in [0.1, 0.15) is 11.5 Å². The minimum atomic E-state index is -0.715. The molecule has 2 unspecified atom stereocenters. The van der Waals surface area contributed by atoms with E-state index in [-0.39, 0.29) is 23.4 Å². The van der Waals surface area contributed by atoms with Crippen molar-refractivity contribution in [2.45, 2.75) is 19.3 Å². The molecule has 108 valence electrons. The number of carbonyl (C=O) groups is 1. The first kappa shape index (κ1) is 14.4. The molecule has 1 amide bonds. The minimum absolute atomic E-state index is 0.0177. The largest absolute Gasteiger partial charge is 0.330 e. The van der Waals surface area contributed by atoms with Crippen molar-refractivity contribution in [1.29, 1.82) is 0 Å². The topological polar surface area (TPSA) is 98.3 Å². The first-order valence-electron chi connectivity index (χ1n) is 6.47. The quantitative estimate of drug-likeness (QED) is 0.651. The highest BCUT2D eigenvalue weighted by Gasteiger charge is 2.32. The van der Waals surface area contributed by atoms with Crippen LogP contribution in [0.3, 0.4) is 0 Å². The number of nitro groups is 1. The van der Waals surface area contributed by atoms with E-state index in [1.807, 2.05) is 0 Å². The summed E-state index contributed by atoms with van der Waals surface area (Å²) in [5.41, 5.74) is 5.19. The summed E-state index contributed by atoms with van der Waals surface area (Å²) in [6.45, 7) is 0.420. The summed E-state index contributed by atoms with van der Waals surface area (Å²) in [6, 6.07) is 3.08. The number of carbonyl (C=O) groups excluding carboxylic acids is 1. The zero-order valence-electron chi connectivity index (χ0n) is 10.8. The van der Waals surface area contributed by atoms with Gasteiger partial charge in [0.05, 0.1) is 11.0 Å². The van der Waals surface area contributed by atoms with E-state index in [0.717, 1.165) is 31.4 Å². The van der Waals surface area contributed by atoms with Gasteiger partial charge in [-0.25, -0.2) is 4.39 Å². The number of hydrogen-bond donors (Lipinski definition) is 2. The molecule has 3 N–H and O–H groups in total. The van der Waals surface area contributed by atoms with E-state index < -0.39 is 16.4 Å². The standard InChI is InChI=1S/C13H16FN3O3/c14-9-4-5-11(12(6-9)17(19)20)16-13(18)10-3-1-2-8(10)7-15/h4-6,8,10H,1-3,7,15H2,(H,16,18). The maximum atomic E-state index is 13.0. The number of nitrogens with two attached hydrogens (primary N) is 1. The maximum Gasteiger partial charge on any atom is 0.295 e. The lowest BCUT2D eigenvalue weighted by molar-refractivity contribution is -0.384. The van der Waals surface area contributed by atoms with E-state index in [2.05, 4.69) is 5.32 Å². The summed E-state index contributed by atoms with van der Waals surface area (Å²) in [6.07, 6.45) is 2.54. The van der Waals surface area contributed by atoms with Gasteiger partial charge in [-0.2, -0.15) is 0 Å². The molecule has 20 heavy (non-hydrogen) atoms. The Morgan fingerprint density at radius 2 is 2.25 bits per heavy atom. The lowest BCUT2D eigenvalue weighted by Gasteiger charge is -2.17. The van der Waals surface area contributed by atoms with Gasteiger partial charge in [0.15, 0.2) is 0 Å². The van der Waals surface area contributed by atoms with Crippen molar-refractivity contribution in [2.24, 2.45) is 17.6 Å². The molecule has 7 heteroatoms. The Bertz CT molecular complexity index is 536. The van der Waals surface area contributed by atoms with Crippen molar-refractivity contribution >= 4 is 17.3 Å². The number of nitrogens with one attached hydrogen (secondary N) is 1. The van der Waals surface area contributed by atoms with Crippen LogP contribution in [0.25, 0.3) is 0 Å². The van der Waals surface area contributed by atoms with E-state index >= 15 is 0 Å². The summed E-state index contributed by atoms with van der Waals surface area (Å²) >= 11 is 0. The van der Waals surface area contributed by atoms with Crippen LogP contribution in [0.2, 0.25) is 0 Å². The second-order valence-electron chi connectivity index (χ2n) is 4.94. The number of nitrogens with zero attached hydrogens (tertiary/aromatic N) is 1. The van der Waals surface area contributed by atoms with Crippen LogP contribution in [-0.4, -0.2) is 17.4 Å². The highest BCUT2D eigenvalue weighted by molar-refractivity contribution is 5.95. The van der Waals surface area contributed by atoms with Crippen LogP contribution in [0.4, 0.5) is 15.8 Å². The molecule has 2 atom stereocenters. The van der Waals surface area contributed by atoms with Gasteiger partial charge in [0.25, 0.3) is 5.69 Å². The Balaban J connectivity index is 2.17. The predicted molar refractivity (Wildman–Crippen MR) is 71.6 cm³/mol. The van der Waals surface area contributed by atoms with E-state index in [1.54, 1.807) is 0 Å². The third-order valence-corrected chi connectivity index (χ3v) is 3.71. The molecule has 1 aromatic rings. The number of nitro benzene ring substituents is 1. The Morgan fingerprint density at radius 1 is 1.50 bits per heavy atom. The van der Waals surface area contributed by atoms with Crippen LogP contribution in [-0.2, 0) is 4.79 Å². The van der Waals surface area contributed by atoms with E-state index in [4.69, 9.17) is 5.73 Å². The van der Waals surface area contributed by atoms with E-state index in [1.165, 1.54) is 6.07 Å². The smallest absolute Gasteiger partial charge is 0.295 e. The number of halogens is 1. The lowest BCUT2D eigenvalue weighted by atomic mass is 9.95. The Kier molecular flexibility index (Phi) is 4.29. The van der Waals surface area contributed by atoms with Crippen molar-refractivity contribution in [3.8, 4) is 0 Å². The van der Waals surface area contributed by atoms with Crippen molar-refractivity contribution in [1.82, 2.24) is 0 Å². The van der Waals surface area contributed by atoms with Crippen LogP contribution < -0.4 is 11.1 Å². The fraction of sp³-hybridized carbons (Fsp3) is 0.462. The fourth-order valence-corrected chi connectivity index (χ4v) is 2.65. The van der Waals surface area contributed by atoms with Crippen molar-refractivity contribution in [3.05, 3.63) is 34.1 Å². The van der Waals surface area contributed by atoms with Crippen LogP contribution >= 0.6 is 0 Å². The van der Waals surface area contributed by atoms with Crippen LogP contribution in [0, 0.1) is 27.8 Å². The molecular formula is C13H16FN3O3. The molecule has 1 fully saturated rings. The van der Waals surface area contributed by atoms with E-state index in [9.17, 15) is 19.3 Å². The Morgan fingerprint density at radius 3 is 2.90 bits per heavy atom. The first-order chi connectivity index (χ1) is 9.52. The third-order valence-electron chi connectivity index (χ3n) is 3.71. The van der Waals surface area contributed by atoms with E-state index in [0.29, 0.717) is 6.54 Å². The Hall–Kier alpha value is -2.02. The first-order valence-corrected chi connectivity index (χ1v) is 6.47. The maximum absolute atomic E-state index is 13.0. The normalized spacial score (nSPS) is 21.7. The highest BCUT2D eigenvalue weighted by Crippen LogP contribution is 2.33. The fourth-order valence-electron chi connectivity index (χ4n) is 2.65. The molecule has 1 saturated carbocycles. The summed E-state index contributed by atoms with van der Waals surface area (Å²) in [7, 11) is 0. The molecule has 1 aromatic carbocycles. The van der Waals surface area contributed by atoms with Gasteiger partial charge in [-0.1, -0.05) is 6.42 Å². The van der Waals surface area contributed by atoms with Crippen LogP contribution in [0.15, 0.2) is 18.2 Å². The third kappa shape index (κ3) is 2.93. The average molecular weight is 281 g/mol. The predicted octanol–water partition coefficient (Wildman–Crippen LogP) is 2.05. The number of rotatable bonds is 4. The molecule has 0 aromatic heterocycles. The van der Waals surface area contributed by atoms with Gasteiger partial charge in [-0.15, -0.1) is 0 Å². The molecule has 0 spiro atoms. The molecule has 0 heterocycles. The zero-order valence-corrected chi connectivity index (χ0v) is 10.8. The zero-order chi connectivity index (χ0) is 14.7. The van der Waals surface area contributed by atoms with Gasteiger partial charge in [0.2, 0.25) is 5.91 Å². The molecule has 0 aliphatic heterocycles. The molecule has 1 aliphatic carbocycles. The second kappa shape index (κ2) is 5.96. The monoisotopic (exact) mass is 281 g/mol. The number of hydrogen-bond acceptors (Lipinski definition) is 4. The molecule has 6 nitrogen and oxygen atoms in total. The highest BCUT2D eigenvalue weighted by atomic mass is 19.1. The van der Waals surface area contributed by atoms with Crippen LogP contribution in [0.5, 0.6) is 0 Å². The number of amides is 1. The van der Waals surface area contributed by atoms with Gasteiger partial charge < -0.3 is 11.1 Å². The minimum Gasteiger partial charge on any atom is -0.330 e. The summed E-state index contributed by atoms with van der Waals surface area (Å²) < 4.78 is 13.0.